The van der Waals surface area contributed by atoms with E-state index in [4.69, 9.17) is 10.5 Å². The van der Waals surface area contributed by atoms with Crippen LogP contribution >= 0.6 is 0 Å². The lowest BCUT2D eigenvalue weighted by Crippen LogP contribution is -2.42. The first-order valence-corrected chi connectivity index (χ1v) is 3.38. The van der Waals surface area contributed by atoms with Crippen LogP contribution in [0.1, 0.15) is 19.3 Å². The average molecular weight is 142 g/mol. The van der Waals surface area contributed by atoms with E-state index in [1.165, 1.54) is 7.11 Å². The van der Waals surface area contributed by atoms with Crippen LogP contribution in [0.25, 0.3) is 0 Å². The third kappa shape index (κ3) is 1.01. The smallest absolute Gasteiger partial charge is 0.249 e. The van der Waals surface area contributed by atoms with Gasteiger partial charge >= 0.3 is 0 Å². The van der Waals surface area contributed by atoms with Crippen LogP contribution in [0.4, 0.5) is 0 Å². The number of methoxy groups -OCH3 is 1. The Hall–Kier alpha value is -0.570. The van der Waals surface area contributed by atoms with E-state index in [1.807, 2.05) is 6.42 Å². The summed E-state index contributed by atoms with van der Waals surface area (Å²) in [7, 11) is 1.53. The Balaban J connectivity index is 2.67. The van der Waals surface area contributed by atoms with E-state index in [9.17, 15) is 4.79 Å². The summed E-state index contributed by atoms with van der Waals surface area (Å²) in [6, 6.07) is 0. The molecule has 0 aromatic carbocycles. The van der Waals surface area contributed by atoms with E-state index in [2.05, 4.69) is 0 Å². The van der Waals surface area contributed by atoms with Crippen LogP contribution in [0.5, 0.6) is 0 Å². The number of carbonyl (C=O) groups excluding carboxylic acids is 1. The van der Waals surface area contributed by atoms with Gasteiger partial charge in [-0.05, 0) is 25.7 Å². The van der Waals surface area contributed by atoms with Crippen molar-refractivity contribution in [2.24, 2.45) is 5.73 Å². The van der Waals surface area contributed by atoms with Crippen molar-refractivity contribution in [1.29, 1.82) is 0 Å². The van der Waals surface area contributed by atoms with Gasteiger partial charge in [0.1, 0.15) is 5.60 Å². The van der Waals surface area contributed by atoms with Gasteiger partial charge in [0.05, 0.1) is 0 Å². The van der Waals surface area contributed by atoms with Gasteiger partial charge in [0.15, 0.2) is 0 Å². The zero-order chi connectivity index (χ0) is 7.61. The first-order valence-electron chi connectivity index (χ1n) is 3.38. The minimum absolute atomic E-state index is 0.344. The highest BCUT2D eigenvalue weighted by Gasteiger charge is 2.39. The largest absolute Gasteiger partial charge is 0.368 e. The molecular formula is C7H12NO2. The van der Waals surface area contributed by atoms with Crippen LogP contribution in [-0.2, 0) is 9.53 Å². The molecule has 1 aliphatic carbocycles. The maximum Gasteiger partial charge on any atom is 0.249 e. The molecule has 0 aromatic rings. The van der Waals surface area contributed by atoms with Crippen LogP contribution in [0.2, 0.25) is 0 Å². The van der Waals surface area contributed by atoms with Crippen molar-refractivity contribution in [2.45, 2.75) is 24.9 Å². The van der Waals surface area contributed by atoms with Crippen molar-refractivity contribution < 1.29 is 9.53 Å². The molecular weight excluding hydrogens is 130 g/mol. The Bertz CT molecular complexity index is 139. The summed E-state index contributed by atoms with van der Waals surface area (Å²) in [6.45, 7) is 0. The third-order valence-corrected chi connectivity index (χ3v) is 2.07. The molecule has 1 amide bonds. The molecule has 1 radical (unpaired) electrons. The molecule has 0 bridgehead atoms. The van der Waals surface area contributed by atoms with E-state index in [0.717, 1.165) is 12.8 Å². The molecule has 1 atom stereocenters. The quantitative estimate of drug-likeness (QED) is 0.600. The molecule has 0 aromatic heterocycles. The molecule has 1 fully saturated rings. The number of hydrogen-bond donors (Lipinski definition) is 1. The molecule has 2 N–H and O–H groups in total. The van der Waals surface area contributed by atoms with Gasteiger partial charge in [-0.15, -0.1) is 0 Å². The first-order chi connectivity index (χ1) is 4.71. The summed E-state index contributed by atoms with van der Waals surface area (Å²) in [5.74, 6) is -0.344. The van der Waals surface area contributed by atoms with Crippen LogP contribution in [0.15, 0.2) is 0 Å². The normalized spacial score (nSPS) is 22.9. The molecule has 10 heavy (non-hydrogen) atoms. The second-order valence-electron chi connectivity index (χ2n) is 2.59. The van der Waals surface area contributed by atoms with Gasteiger partial charge in [0.2, 0.25) is 5.91 Å². The molecule has 1 saturated carbocycles. The third-order valence-electron chi connectivity index (χ3n) is 2.07. The average Bonchev–Trinajstić information content (AvgIpc) is 2.35. The Kier molecular flexibility index (Phi) is 1.94. The van der Waals surface area contributed by atoms with Gasteiger partial charge in [-0.1, -0.05) is 0 Å². The van der Waals surface area contributed by atoms with Gasteiger partial charge in [-0.25, -0.2) is 0 Å². The molecule has 0 spiro atoms. The van der Waals surface area contributed by atoms with Crippen molar-refractivity contribution in [3.8, 4) is 0 Å². The SMILES string of the molecule is CO[C@@]1(C(N)=O)C[CH]CC1. The zero-order valence-corrected chi connectivity index (χ0v) is 6.09. The summed E-state index contributed by atoms with van der Waals surface area (Å²) < 4.78 is 5.05. The Morgan fingerprint density at radius 1 is 1.80 bits per heavy atom. The summed E-state index contributed by atoms with van der Waals surface area (Å²) in [5, 5.41) is 0. The predicted octanol–water partition coefficient (Wildman–Crippen LogP) is 0.245. The van der Waals surface area contributed by atoms with Gasteiger partial charge in [0, 0.05) is 7.11 Å². The van der Waals surface area contributed by atoms with Crippen LogP contribution < -0.4 is 5.73 Å². The Morgan fingerprint density at radius 3 is 2.70 bits per heavy atom. The number of rotatable bonds is 2. The number of carbonyl (C=O) groups is 1. The van der Waals surface area contributed by atoms with Crippen molar-refractivity contribution in [2.75, 3.05) is 7.11 Å². The summed E-state index contributed by atoms with van der Waals surface area (Å²) in [5.41, 5.74) is 4.48. The minimum atomic E-state index is -0.681. The fraction of sp³-hybridized carbons (Fsp3) is 0.714. The maximum absolute atomic E-state index is 10.8. The first kappa shape index (κ1) is 7.54. The number of amides is 1. The lowest BCUT2D eigenvalue weighted by atomic mass is 10.0. The molecule has 0 heterocycles. The van der Waals surface area contributed by atoms with E-state index >= 15 is 0 Å². The fourth-order valence-electron chi connectivity index (χ4n) is 1.28. The Labute approximate surface area is 60.5 Å². The zero-order valence-electron chi connectivity index (χ0n) is 6.09. The van der Waals surface area contributed by atoms with Crippen LogP contribution in [-0.4, -0.2) is 18.6 Å². The lowest BCUT2D eigenvalue weighted by Gasteiger charge is -2.22. The molecule has 0 aliphatic heterocycles. The molecule has 3 nitrogen and oxygen atoms in total. The van der Waals surface area contributed by atoms with Gasteiger partial charge in [0.25, 0.3) is 0 Å². The van der Waals surface area contributed by atoms with Gasteiger partial charge < -0.3 is 10.5 Å². The highest BCUT2D eigenvalue weighted by Crippen LogP contribution is 2.31. The topological polar surface area (TPSA) is 52.3 Å². The van der Waals surface area contributed by atoms with Gasteiger partial charge in [-0.2, -0.15) is 0 Å². The molecule has 0 unspecified atom stereocenters. The van der Waals surface area contributed by atoms with Crippen molar-refractivity contribution in [3.63, 3.8) is 0 Å². The number of primary amides is 1. The minimum Gasteiger partial charge on any atom is -0.368 e. The summed E-state index contributed by atoms with van der Waals surface area (Å²) in [4.78, 5) is 10.8. The molecule has 1 rings (SSSR count). The van der Waals surface area contributed by atoms with Crippen molar-refractivity contribution in [1.82, 2.24) is 0 Å². The second kappa shape index (κ2) is 2.58. The molecule has 0 saturated heterocycles. The summed E-state index contributed by atoms with van der Waals surface area (Å²) in [6.07, 6.45) is 4.36. The molecule has 57 valence electrons. The number of ether oxygens (including phenoxy) is 1. The van der Waals surface area contributed by atoms with Crippen molar-refractivity contribution in [3.05, 3.63) is 6.42 Å². The lowest BCUT2D eigenvalue weighted by molar-refractivity contribution is -0.138. The fourth-order valence-corrected chi connectivity index (χ4v) is 1.28. The standard InChI is InChI=1S/C7H12NO2/c1-10-7(6(8)9)4-2-3-5-7/h2H,3-5H2,1H3,(H2,8,9)/t7-/m0/s1. The second-order valence-corrected chi connectivity index (χ2v) is 2.59. The summed E-state index contributed by atoms with van der Waals surface area (Å²) >= 11 is 0. The number of hydrogen-bond acceptors (Lipinski definition) is 2. The van der Waals surface area contributed by atoms with Crippen molar-refractivity contribution >= 4 is 5.91 Å². The van der Waals surface area contributed by atoms with Crippen LogP contribution in [0.3, 0.4) is 0 Å². The predicted molar refractivity (Wildman–Crippen MR) is 37.1 cm³/mol. The highest BCUT2D eigenvalue weighted by atomic mass is 16.5. The monoisotopic (exact) mass is 142 g/mol. The number of nitrogens with two attached hydrogens (primary N) is 1. The maximum atomic E-state index is 10.8. The molecule has 3 heteroatoms. The van der Waals surface area contributed by atoms with E-state index in [1.54, 1.807) is 0 Å². The van der Waals surface area contributed by atoms with E-state index < -0.39 is 5.60 Å². The highest BCUT2D eigenvalue weighted by molar-refractivity contribution is 5.84. The Morgan fingerprint density at radius 2 is 2.50 bits per heavy atom. The molecule has 1 aliphatic rings. The van der Waals surface area contributed by atoms with Crippen LogP contribution in [0, 0.1) is 6.42 Å². The van der Waals surface area contributed by atoms with E-state index in [0.29, 0.717) is 6.42 Å². The van der Waals surface area contributed by atoms with E-state index in [-0.39, 0.29) is 5.91 Å². The van der Waals surface area contributed by atoms with Gasteiger partial charge in [-0.3, -0.25) is 4.79 Å².